The molecule has 2 bridgehead atoms. The summed E-state index contributed by atoms with van der Waals surface area (Å²) in [7, 11) is 0. The van der Waals surface area contributed by atoms with Crippen molar-refractivity contribution in [2.24, 2.45) is 16.7 Å². The highest BCUT2D eigenvalue weighted by Gasteiger charge is 2.79. The minimum Gasteiger partial charge on any atom is -0.458 e. The monoisotopic (exact) mass is 876 g/mol. The minimum absolute atomic E-state index is 0.0287. The maximum absolute atomic E-state index is 15.8. The predicted molar refractivity (Wildman–Crippen MR) is 207 cm³/mol. The van der Waals surface area contributed by atoms with Gasteiger partial charge >= 0.3 is 29.8 Å². The van der Waals surface area contributed by atoms with E-state index >= 15 is 4.79 Å². The summed E-state index contributed by atoms with van der Waals surface area (Å²) in [5.41, 5.74) is -6.94. The van der Waals surface area contributed by atoms with Gasteiger partial charge in [0.2, 0.25) is 0 Å². The van der Waals surface area contributed by atoms with E-state index in [4.69, 9.17) is 68.0 Å². The Labute approximate surface area is 354 Å². The summed E-state index contributed by atoms with van der Waals surface area (Å²) in [5, 5.41) is 13.7. The van der Waals surface area contributed by atoms with Crippen LogP contribution >= 0.6 is 34.8 Å². The van der Waals surface area contributed by atoms with Gasteiger partial charge in [-0.2, -0.15) is 0 Å². The van der Waals surface area contributed by atoms with Crippen molar-refractivity contribution in [3.63, 3.8) is 0 Å². The lowest BCUT2D eigenvalue weighted by Gasteiger charge is -2.67. The van der Waals surface area contributed by atoms with Crippen molar-refractivity contribution in [1.82, 2.24) is 0 Å². The fourth-order valence-corrected chi connectivity index (χ4v) is 9.89. The summed E-state index contributed by atoms with van der Waals surface area (Å²) in [6.45, 7) is 7.95. The van der Waals surface area contributed by atoms with E-state index in [0.717, 1.165) is 19.4 Å². The first-order chi connectivity index (χ1) is 27.6. The molecule has 2 saturated heterocycles. The number of alkyl halides is 3. The fourth-order valence-electron chi connectivity index (χ4n) is 9.76. The van der Waals surface area contributed by atoms with Gasteiger partial charge in [0, 0.05) is 32.1 Å². The number of esters is 5. The molecule has 2 aromatic carbocycles. The molecule has 5 aliphatic rings. The van der Waals surface area contributed by atoms with E-state index < -0.39 is 117 Å². The number of hydrogen-bond donors (Lipinski definition) is 1. The van der Waals surface area contributed by atoms with Gasteiger partial charge in [-0.15, -0.1) is 0 Å². The number of ether oxygens (including phenoxy) is 7. The van der Waals surface area contributed by atoms with Gasteiger partial charge in [-0.25, -0.2) is 14.4 Å². The van der Waals surface area contributed by atoms with Crippen LogP contribution in [0.2, 0.25) is 0 Å². The number of benzene rings is 2. The predicted octanol–water partition coefficient (Wildman–Crippen LogP) is 5.26. The lowest BCUT2D eigenvalue weighted by Crippen LogP contribution is -2.82. The highest BCUT2D eigenvalue weighted by molar-refractivity contribution is 6.75. The smallest absolute Gasteiger partial charge is 0.358 e. The molecule has 0 spiro atoms. The molecule has 17 heteroatoms. The number of carbonyl (C=O) groups is 6. The molecule has 4 fully saturated rings. The second-order valence-electron chi connectivity index (χ2n) is 16.4. The van der Waals surface area contributed by atoms with Gasteiger partial charge in [0.1, 0.15) is 36.1 Å². The van der Waals surface area contributed by atoms with Crippen molar-refractivity contribution in [1.29, 1.82) is 0 Å². The van der Waals surface area contributed by atoms with Crippen LogP contribution in [0.3, 0.4) is 0 Å². The number of Topliss-reactive ketones (excluding diaryl/α,β-unsaturated/α-hetero) is 1. The van der Waals surface area contributed by atoms with Crippen molar-refractivity contribution < 1.29 is 67.0 Å². The molecule has 59 heavy (non-hydrogen) atoms. The van der Waals surface area contributed by atoms with Crippen LogP contribution in [0.4, 0.5) is 0 Å². The number of fused-ring (bicyclic) bond motifs is 5. The molecular weight excluding hydrogens is 835 g/mol. The Morgan fingerprint density at radius 1 is 0.864 bits per heavy atom. The zero-order valence-electron chi connectivity index (χ0n) is 32.9. The van der Waals surface area contributed by atoms with Crippen molar-refractivity contribution in [3.05, 3.63) is 82.9 Å². The van der Waals surface area contributed by atoms with E-state index in [1.54, 1.807) is 63.2 Å². The number of carbonyl (C=O) groups excluding carboxylic acids is 6. The molecule has 1 unspecified atom stereocenters. The summed E-state index contributed by atoms with van der Waals surface area (Å²) >= 11 is 17.9. The maximum atomic E-state index is 15.8. The molecule has 14 nitrogen and oxygen atoms in total. The lowest BCUT2D eigenvalue weighted by atomic mass is 9.44. The maximum Gasteiger partial charge on any atom is 0.358 e. The number of hydrogen-bond acceptors (Lipinski definition) is 14. The van der Waals surface area contributed by atoms with Gasteiger partial charge in [0.25, 0.3) is 3.79 Å². The summed E-state index contributed by atoms with van der Waals surface area (Å²) in [4.78, 5) is 83.5. The Morgan fingerprint density at radius 2 is 1.49 bits per heavy atom. The topological polar surface area (TPSA) is 191 Å². The average Bonchev–Trinajstić information content (AvgIpc) is 3.97. The van der Waals surface area contributed by atoms with Gasteiger partial charge in [-0.3, -0.25) is 14.4 Å². The molecular formula is C42H43Cl3O14. The van der Waals surface area contributed by atoms with Gasteiger partial charge in [0.05, 0.1) is 23.5 Å². The Hall–Kier alpha value is -4.05. The van der Waals surface area contributed by atoms with E-state index in [9.17, 15) is 29.1 Å². The largest absolute Gasteiger partial charge is 0.458 e. The van der Waals surface area contributed by atoms with Crippen LogP contribution in [-0.2, 0) is 57.1 Å². The second-order valence-corrected chi connectivity index (χ2v) is 18.7. The Bertz CT molecular complexity index is 2100. The third kappa shape index (κ3) is 7.13. The molecule has 2 aliphatic heterocycles. The number of halogens is 3. The van der Waals surface area contributed by atoms with Crippen LogP contribution in [0, 0.1) is 16.7 Å². The van der Waals surface area contributed by atoms with Gasteiger partial charge in [0.15, 0.2) is 23.6 Å². The molecule has 7 rings (SSSR count). The summed E-state index contributed by atoms with van der Waals surface area (Å²) in [6.07, 6.45) is -10.1. The first-order valence-electron chi connectivity index (χ1n) is 19.0. The molecule has 0 radical (unpaired) electrons. The normalized spacial score (nSPS) is 35.6. The van der Waals surface area contributed by atoms with Gasteiger partial charge < -0.3 is 38.3 Å². The quantitative estimate of drug-likeness (QED) is 0.119. The number of aliphatic hydroxyl groups is 1. The SMILES string of the molecule is CC(=O)O[C@H]1C(=O)[C@@]2(C)C([C@H](OC(=O)c3ccccc3)[C@]3(O)C[C@H](OC(=O)[C@@H]4O[C@@H]4c4ccccc4)C(C)=C1C3(C)C)[C@]1(OC(C)=O)CO[C@@H]1C[C@@H]2OC(=O)C(Cl)(Cl)Cl. The van der Waals surface area contributed by atoms with Crippen LogP contribution < -0.4 is 0 Å². The van der Waals surface area contributed by atoms with Crippen LogP contribution in [-0.4, -0.2) is 99.0 Å². The molecule has 2 saturated carbocycles. The Balaban J connectivity index is 1.46. The third-order valence-electron chi connectivity index (χ3n) is 12.7. The molecule has 2 aromatic rings. The summed E-state index contributed by atoms with van der Waals surface area (Å²) in [5.74, 6) is -7.35. The van der Waals surface area contributed by atoms with Gasteiger partial charge in [-0.1, -0.05) is 97.2 Å². The van der Waals surface area contributed by atoms with Crippen LogP contribution in [0.1, 0.15) is 76.4 Å². The minimum atomic E-state index is -2.63. The molecule has 3 aliphatic carbocycles. The van der Waals surface area contributed by atoms with E-state index in [2.05, 4.69) is 0 Å². The summed E-state index contributed by atoms with van der Waals surface area (Å²) in [6, 6.07) is 16.8. The first kappa shape index (κ1) is 43.1. The average molecular weight is 878 g/mol. The van der Waals surface area contributed by atoms with Crippen molar-refractivity contribution in [2.45, 2.75) is 112 Å². The number of rotatable bonds is 8. The number of epoxide rings is 1. The molecule has 316 valence electrons. The molecule has 0 amide bonds. The van der Waals surface area contributed by atoms with E-state index in [-0.39, 0.29) is 29.7 Å². The zero-order valence-corrected chi connectivity index (χ0v) is 35.2. The van der Waals surface area contributed by atoms with Crippen LogP contribution in [0.25, 0.3) is 0 Å². The molecule has 2 heterocycles. The van der Waals surface area contributed by atoms with Crippen LogP contribution in [0.5, 0.6) is 0 Å². The van der Waals surface area contributed by atoms with E-state index in [0.29, 0.717) is 0 Å². The molecule has 11 atom stereocenters. The first-order valence-corrected chi connectivity index (χ1v) is 20.1. The third-order valence-corrected chi connectivity index (χ3v) is 13.2. The highest BCUT2D eigenvalue weighted by Crippen LogP contribution is 2.65. The van der Waals surface area contributed by atoms with Crippen molar-refractivity contribution in [3.8, 4) is 0 Å². The van der Waals surface area contributed by atoms with Crippen molar-refractivity contribution in [2.75, 3.05) is 6.61 Å². The zero-order chi connectivity index (χ0) is 43.0. The van der Waals surface area contributed by atoms with Crippen LogP contribution in [0.15, 0.2) is 71.8 Å². The highest BCUT2D eigenvalue weighted by atomic mass is 35.6. The lowest BCUT2D eigenvalue weighted by molar-refractivity contribution is -0.346. The Morgan fingerprint density at radius 3 is 2.05 bits per heavy atom. The fraction of sp³-hybridized carbons (Fsp3) is 0.524. The standard InChI is InChI=1S/C42H43Cl3O14/c1-20-25(55-36(50)31-29(57-31)23-13-9-7-10-14-23)18-41(52)34(58-35(49)24-15-11-8-12-16-24)32-39(6,33(48)30(54-21(2)46)28(20)38(41,4)5)26(56-37(51)42(43,44)45)17-27-40(32,19-53-27)59-22(3)47/h7-16,25-27,29-32,34,52H,17-19H2,1-6H3/t25-,26-,27+,29+,30+,31+,32?,34-,39+,40-,41+/m0/s1. The second kappa shape index (κ2) is 15.1. The van der Waals surface area contributed by atoms with E-state index in [1.807, 2.05) is 6.07 Å². The van der Waals surface area contributed by atoms with Gasteiger partial charge in [-0.05, 0) is 42.7 Å². The number of ketones is 1. The summed E-state index contributed by atoms with van der Waals surface area (Å²) < 4.78 is 39.4. The van der Waals surface area contributed by atoms with E-state index in [1.165, 1.54) is 19.1 Å². The van der Waals surface area contributed by atoms with Crippen molar-refractivity contribution >= 4 is 70.4 Å². The molecule has 1 N–H and O–H groups in total. The molecule has 0 aromatic heterocycles. The Kier molecular flexibility index (Phi) is 11.0.